The number of benzene rings is 1. The van der Waals surface area contributed by atoms with Crippen molar-refractivity contribution < 1.29 is 4.79 Å². The molecule has 3 aromatic rings. The number of likely N-dealkylation sites (N-methyl/N-ethyl adjacent to an activating group) is 2. The minimum atomic E-state index is -1.11. The van der Waals surface area contributed by atoms with Crippen LogP contribution in [-0.4, -0.2) is 69.1 Å². The van der Waals surface area contributed by atoms with E-state index in [2.05, 4.69) is 94.7 Å². The number of carbonyl (C=O) groups is 1. The maximum atomic E-state index is 13.3. The van der Waals surface area contributed by atoms with Crippen molar-refractivity contribution >= 4 is 53.7 Å². The van der Waals surface area contributed by atoms with Crippen LogP contribution in [0, 0.1) is 0 Å². The number of carbonyl (C=O) groups excluding carboxylic acids is 1. The summed E-state index contributed by atoms with van der Waals surface area (Å²) in [6, 6.07) is 10.0. The number of fused-ring (bicyclic) bond motifs is 1. The van der Waals surface area contributed by atoms with E-state index in [4.69, 9.17) is 0 Å². The molecule has 1 aliphatic heterocycles. The zero-order valence-electron chi connectivity index (χ0n) is 23.8. The van der Waals surface area contributed by atoms with Gasteiger partial charge in [0.2, 0.25) is 0 Å². The Hall–Kier alpha value is -2.98. The van der Waals surface area contributed by atoms with Crippen molar-refractivity contribution in [3.8, 4) is 0 Å². The van der Waals surface area contributed by atoms with E-state index in [0.29, 0.717) is 11.4 Å². The van der Waals surface area contributed by atoms with E-state index >= 15 is 0 Å². The summed E-state index contributed by atoms with van der Waals surface area (Å²) >= 11 is -1.11. The Morgan fingerprint density at radius 1 is 1.08 bits per heavy atom. The number of nitrogens with one attached hydrogen (secondary N) is 2. The van der Waals surface area contributed by atoms with E-state index in [1.165, 1.54) is 33.7 Å². The first kappa shape index (κ1) is 29.0. The number of amides is 1. The van der Waals surface area contributed by atoms with Gasteiger partial charge in [0.15, 0.2) is 0 Å². The molecule has 0 atom stereocenters. The third-order valence-electron chi connectivity index (χ3n) is 6.84. The van der Waals surface area contributed by atoms with Crippen molar-refractivity contribution in [2.45, 2.75) is 33.1 Å². The predicted octanol–water partition coefficient (Wildman–Crippen LogP) is 6.76. The van der Waals surface area contributed by atoms with Gasteiger partial charge in [0.1, 0.15) is 5.82 Å². The number of aromatic amines is 1. The van der Waals surface area contributed by atoms with Gasteiger partial charge in [-0.1, -0.05) is 0 Å². The first-order chi connectivity index (χ1) is 18.9. The molecule has 0 unspecified atom stereocenters. The van der Waals surface area contributed by atoms with Crippen LogP contribution in [0.25, 0.3) is 16.5 Å². The van der Waals surface area contributed by atoms with Crippen LogP contribution in [0.5, 0.6) is 0 Å². The monoisotopic (exact) mass is 640 g/mol. The molecule has 1 saturated heterocycles. The van der Waals surface area contributed by atoms with Crippen LogP contribution >= 0.6 is 19.8 Å². The second-order valence-electron chi connectivity index (χ2n) is 10.1. The fourth-order valence-electron chi connectivity index (χ4n) is 4.58. The van der Waals surface area contributed by atoms with Gasteiger partial charge in [0, 0.05) is 20.1 Å². The van der Waals surface area contributed by atoms with E-state index in [0.717, 1.165) is 35.4 Å². The summed E-state index contributed by atoms with van der Waals surface area (Å²) in [7, 11) is 6.13. The maximum absolute atomic E-state index is 13.3. The van der Waals surface area contributed by atoms with Crippen LogP contribution < -0.4 is 10.2 Å². The predicted molar refractivity (Wildman–Crippen MR) is 174 cm³/mol. The van der Waals surface area contributed by atoms with Gasteiger partial charge in [0.05, 0.1) is 0 Å². The average Bonchev–Trinajstić information content (AvgIpc) is 3.38. The van der Waals surface area contributed by atoms with Gasteiger partial charge in [-0.15, -0.1) is 0 Å². The third-order valence-corrected chi connectivity index (χ3v) is 13.7. The van der Waals surface area contributed by atoms with Crippen molar-refractivity contribution in [2.24, 2.45) is 0 Å². The summed E-state index contributed by atoms with van der Waals surface area (Å²) in [6.45, 7) is 6.04. The second kappa shape index (κ2) is 13.9. The molecule has 2 N–H and O–H groups in total. The molecule has 0 spiro atoms. The van der Waals surface area contributed by atoms with E-state index in [1.54, 1.807) is 9.78 Å². The number of halogens is 1. The van der Waals surface area contributed by atoms with E-state index in [-0.39, 0.29) is 5.91 Å². The number of anilines is 2. The van der Waals surface area contributed by atoms with Gasteiger partial charge < -0.3 is 9.80 Å². The molecule has 0 bridgehead atoms. The molecule has 3 heterocycles. The van der Waals surface area contributed by atoms with Crippen molar-refractivity contribution in [1.82, 2.24) is 20.1 Å². The van der Waals surface area contributed by atoms with E-state index in [1.807, 2.05) is 25.2 Å². The number of H-pyrrole nitrogens is 1. The van der Waals surface area contributed by atoms with Crippen LogP contribution in [0.1, 0.15) is 49.2 Å². The number of pyridine rings is 1. The molecule has 0 saturated carbocycles. The van der Waals surface area contributed by atoms with Crippen LogP contribution in [-0.2, 0) is 0 Å². The fraction of sp³-hybridized carbons (Fsp3) is 0.387. The number of nitrogens with zero attached hydrogens (tertiary/aromatic N) is 4. The van der Waals surface area contributed by atoms with Crippen LogP contribution in [0.15, 0.2) is 64.4 Å². The molecule has 1 fully saturated rings. The third kappa shape index (κ3) is 7.57. The zero-order valence-corrected chi connectivity index (χ0v) is 26.0. The minimum absolute atomic E-state index is 0.254. The van der Waals surface area contributed by atoms with Crippen molar-refractivity contribution in [1.29, 1.82) is 0 Å². The molecular formula is C31H41IN6O. The Labute approximate surface area is 239 Å². The first-order valence-electron chi connectivity index (χ1n) is 13.6. The van der Waals surface area contributed by atoms with Gasteiger partial charge in [0.25, 0.3) is 0 Å². The van der Waals surface area contributed by atoms with Gasteiger partial charge in [-0.25, -0.2) is 0 Å². The quantitative estimate of drug-likeness (QED) is 0.146. The summed E-state index contributed by atoms with van der Waals surface area (Å²) in [6.07, 6.45) is 14.8. The first-order valence-corrected chi connectivity index (χ1v) is 17.8. The molecule has 7 nitrogen and oxygen atoms in total. The van der Waals surface area contributed by atoms with Gasteiger partial charge >= 0.3 is 191 Å². The molecule has 1 aromatic carbocycles. The molecule has 0 aliphatic carbocycles. The average molecular weight is 641 g/mol. The van der Waals surface area contributed by atoms with Crippen LogP contribution in [0.4, 0.5) is 11.5 Å². The Kier molecular flexibility index (Phi) is 10.3. The topological polar surface area (TPSA) is 77.2 Å². The SMILES string of the molecule is C\C=C/C(=C\C(=C/C)I1CCCCC1)c1ccc2[nH]nc(C(=O)Nc3ccc(N(C)CCN(C)C)nc3)c2c1. The molecule has 39 heavy (non-hydrogen) atoms. The van der Waals surface area contributed by atoms with Crippen molar-refractivity contribution in [3.63, 3.8) is 0 Å². The van der Waals surface area contributed by atoms with Crippen molar-refractivity contribution in [2.75, 3.05) is 53.3 Å². The van der Waals surface area contributed by atoms with Gasteiger partial charge in [-0.05, 0) is 14.1 Å². The van der Waals surface area contributed by atoms with Gasteiger partial charge in [-0.3, -0.25) is 0 Å². The second-order valence-corrected chi connectivity index (χ2v) is 16.1. The number of rotatable bonds is 10. The number of alkyl halides is 2. The summed E-state index contributed by atoms with van der Waals surface area (Å²) in [5, 5.41) is 11.2. The Morgan fingerprint density at radius 3 is 2.54 bits per heavy atom. The summed E-state index contributed by atoms with van der Waals surface area (Å²) in [5.41, 5.74) is 4.14. The van der Waals surface area contributed by atoms with E-state index in [9.17, 15) is 4.79 Å². The normalized spacial score (nSPS) is 15.9. The van der Waals surface area contributed by atoms with Gasteiger partial charge in [-0.2, -0.15) is 0 Å². The molecule has 1 aliphatic rings. The molecule has 0 radical (unpaired) electrons. The molecule has 4 rings (SSSR count). The number of aromatic nitrogens is 3. The summed E-state index contributed by atoms with van der Waals surface area (Å²) in [5.74, 6) is 0.611. The number of hydrogen-bond acceptors (Lipinski definition) is 5. The molecular weight excluding hydrogens is 599 g/mol. The summed E-state index contributed by atoms with van der Waals surface area (Å²) in [4.78, 5) is 22.0. The molecule has 8 heteroatoms. The fourth-order valence-corrected chi connectivity index (χ4v) is 10.9. The van der Waals surface area contributed by atoms with Crippen LogP contribution in [0.3, 0.4) is 0 Å². The summed E-state index contributed by atoms with van der Waals surface area (Å²) < 4.78 is 4.38. The number of allylic oxidation sites excluding steroid dienone is 6. The Bertz CT molecular complexity index is 1350. The molecule has 1 amide bonds. The Balaban J connectivity index is 1.55. The Morgan fingerprint density at radius 2 is 1.87 bits per heavy atom. The molecule has 208 valence electrons. The van der Waals surface area contributed by atoms with E-state index < -0.39 is 19.8 Å². The van der Waals surface area contributed by atoms with Crippen LogP contribution in [0.2, 0.25) is 0 Å². The number of hydrogen-bond donors (Lipinski definition) is 2. The molecule has 2 aromatic heterocycles. The van der Waals surface area contributed by atoms with Crippen molar-refractivity contribution in [3.05, 3.63) is 75.7 Å². The standard InChI is InChI=1S/C31H41IN6O/c1-6-11-23(20-25(7-2)32-16-9-8-10-17-32)24-12-14-28-27(21-24)30(36-35-28)31(39)34-26-13-15-29(33-22-26)38(5)19-18-37(3)4/h6-7,11-15,20-22H,8-10,16-19H2,1-5H3,(H,34,39)(H,35,36)/b11-6-,23-20+,25-7+. The zero-order chi connectivity index (χ0) is 27.8.